The van der Waals surface area contributed by atoms with Gasteiger partial charge in [-0.2, -0.15) is 0 Å². The van der Waals surface area contributed by atoms with Crippen molar-refractivity contribution in [3.8, 4) is 23.0 Å². The first-order valence-electron chi connectivity index (χ1n) is 9.63. The number of aliphatic hydroxyl groups is 1. The molecule has 0 amide bonds. The van der Waals surface area contributed by atoms with E-state index >= 15 is 0 Å². The summed E-state index contributed by atoms with van der Waals surface area (Å²) < 4.78 is 27.0. The Kier molecular flexibility index (Phi) is 5.76. The Balaban J connectivity index is 1.51. The van der Waals surface area contributed by atoms with Gasteiger partial charge in [-0.1, -0.05) is 12.1 Å². The Morgan fingerprint density at radius 1 is 0.897 bits per heavy atom. The van der Waals surface area contributed by atoms with Gasteiger partial charge in [0.05, 0.1) is 6.61 Å². The van der Waals surface area contributed by atoms with E-state index in [9.17, 15) is 9.90 Å². The molecule has 0 saturated heterocycles. The number of hydrogen-bond donors (Lipinski definition) is 1. The second-order valence-electron chi connectivity index (χ2n) is 7.29. The number of hydrogen-bond acceptors (Lipinski definition) is 7. The highest BCUT2D eigenvalue weighted by Gasteiger charge is 2.25. The molecule has 2 aromatic carbocycles. The first kappa shape index (κ1) is 19.4. The number of ether oxygens (including phenoxy) is 5. The molecule has 29 heavy (non-hydrogen) atoms. The van der Waals surface area contributed by atoms with Crippen LogP contribution in [0.3, 0.4) is 0 Å². The summed E-state index contributed by atoms with van der Waals surface area (Å²) >= 11 is 0. The molecule has 2 heterocycles. The Labute approximate surface area is 169 Å². The third kappa shape index (κ3) is 4.56. The molecule has 4 rings (SSSR count). The maximum atomic E-state index is 11.4. The van der Waals surface area contributed by atoms with Crippen LogP contribution >= 0.6 is 0 Å². The molecule has 154 valence electrons. The molecule has 0 aliphatic carbocycles. The number of carbonyl (C=O) groups is 1. The predicted molar refractivity (Wildman–Crippen MR) is 103 cm³/mol. The zero-order valence-corrected chi connectivity index (χ0v) is 16.3. The van der Waals surface area contributed by atoms with E-state index < -0.39 is 0 Å². The largest absolute Gasteiger partial charge is 0.466 e. The molecule has 0 fully saturated rings. The molecule has 0 saturated carbocycles. The fraction of sp³-hybridized carbons (Fsp3) is 0.409. The van der Waals surface area contributed by atoms with Gasteiger partial charge < -0.3 is 28.8 Å². The van der Waals surface area contributed by atoms with Crippen molar-refractivity contribution in [3.63, 3.8) is 0 Å². The summed E-state index contributed by atoms with van der Waals surface area (Å²) in [6.45, 7) is 2.05. The summed E-state index contributed by atoms with van der Waals surface area (Å²) in [5, 5.41) is 10.1. The highest BCUT2D eigenvalue weighted by atomic mass is 16.7. The molecule has 2 aliphatic rings. The van der Waals surface area contributed by atoms with Crippen molar-refractivity contribution >= 4 is 5.97 Å². The zero-order chi connectivity index (χ0) is 20.2. The Bertz CT molecular complexity index is 879. The number of carbonyl (C=O) groups excluding carboxylic acids is 1. The lowest BCUT2D eigenvalue weighted by molar-refractivity contribution is -0.143. The molecular weight excluding hydrogens is 376 g/mol. The van der Waals surface area contributed by atoms with Crippen molar-refractivity contribution in [2.45, 2.75) is 19.8 Å². The molecule has 7 heteroatoms. The molecule has 2 atom stereocenters. The summed E-state index contributed by atoms with van der Waals surface area (Å²) in [5.74, 6) is 2.39. The standard InChI is InChI=1S/C22H24O7/c1-14(24)25-11-18(7-16-3-5-20-22(9-16)29-13-27-20)17(10-23)6-15-2-4-19-21(8-15)28-12-26-19/h2-5,8-9,17-18,23H,6-7,10-13H2,1H3/t17-,18-/m0/s1. The van der Waals surface area contributed by atoms with Gasteiger partial charge in [0.25, 0.3) is 0 Å². The highest BCUT2D eigenvalue weighted by Crippen LogP contribution is 2.35. The quantitative estimate of drug-likeness (QED) is 0.682. The first-order valence-corrected chi connectivity index (χ1v) is 9.63. The summed E-state index contributed by atoms with van der Waals surface area (Å²) in [4.78, 5) is 11.4. The third-order valence-corrected chi connectivity index (χ3v) is 5.27. The van der Waals surface area contributed by atoms with Gasteiger partial charge in [0.1, 0.15) is 0 Å². The molecule has 0 spiro atoms. The average molecular weight is 400 g/mol. The van der Waals surface area contributed by atoms with Crippen LogP contribution in [0.15, 0.2) is 36.4 Å². The van der Waals surface area contributed by atoms with E-state index in [0.717, 1.165) is 22.6 Å². The van der Waals surface area contributed by atoms with Gasteiger partial charge in [0, 0.05) is 19.4 Å². The number of benzene rings is 2. The van der Waals surface area contributed by atoms with Crippen LogP contribution in [0.5, 0.6) is 23.0 Å². The van der Waals surface area contributed by atoms with Crippen LogP contribution in [0.25, 0.3) is 0 Å². The predicted octanol–water partition coefficient (Wildman–Crippen LogP) is 2.72. The molecule has 0 radical (unpaired) electrons. The van der Waals surface area contributed by atoms with Crippen LogP contribution in [0, 0.1) is 11.8 Å². The number of aliphatic hydroxyl groups excluding tert-OH is 1. The van der Waals surface area contributed by atoms with Crippen LogP contribution in [-0.4, -0.2) is 37.9 Å². The molecule has 0 aromatic heterocycles. The van der Waals surface area contributed by atoms with Gasteiger partial charge in [-0.15, -0.1) is 0 Å². The lowest BCUT2D eigenvalue weighted by Crippen LogP contribution is -2.28. The van der Waals surface area contributed by atoms with Crippen LogP contribution in [-0.2, 0) is 22.4 Å². The maximum absolute atomic E-state index is 11.4. The highest BCUT2D eigenvalue weighted by molar-refractivity contribution is 5.65. The molecule has 1 N–H and O–H groups in total. The Hall–Kier alpha value is -2.93. The minimum absolute atomic E-state index is 0.0229. The van der Waals surface area contributed by atoms with Crippen LogP contribution in [0.2, 0.25) is 0 Å². The lowest BCUT2D eigenvalue weighted by Gasteiger charge is -2.26. The van der Waals surface area contributed by atoms with Gasteiger partial charge in [0.15, 0.2) is 23.0 Å². The van der Waals surface area contributed by atoms with Crippen molar-refractivity contribution in [2.24, 2.45) is 11.8 Å². The van der Waals surface area contributed by atoms with E-state index in [2.05, 4.69) is 0 Å². The smallest absolute Gasteiger partial charge is 0.302 e. The van der Waals surface area contributed by atoms with Crippen molar-refractivity contribution in [1.29, 1.82) is 0 Å². The van der Waals surface area contributed by atoms with E-state index in [1.165, 1.54) is 6.92 Å². The monoisotopic (exact) mass is 400 g/mol. The van der Waals surface area contributed by atoms with E-state index in [0.29, 0.717) is 24.3 Å². The Morgan fingerprint density at radius 3 is 1.93 bits per heavy atom. The van der Waals surface area contributed by atoms with Crippen molar-refractivity contribution in [2.75, 3.05) is 26.8 Å². The third-order valence-electron chi connectivity index (χ3n) is 5.27. The van der Waals surface area contributed by atoms with Gasteiger partial charge in [-0.05, 0) is 54.2 Å². The summed E-state index contributed by atoms with van der Waals surface area (Å²) in [6, 6.07) is 11.6. The average Bonchev–Trinajstić information content (AvgIpc) is 3.37. The minimum atomic E-state index is -0.333. The van der Waals surface area contributed by atoms with Gasteiger partial charge in [-0.3, -0.25) is 4.79 Å². The number of esters is 1. The van der Waals surface area contributed by atoms with Gasteiger partial charge in [0.2, 0.25) is 13.6 Å². The Morgan fingerprint density at radius 2 is 1.41 bits per heavy atom. The van der Waals surface area contributed by atoms with Crippen LogP contribution in [0.4, 0.5) is 0 Å². The summed E-state index contributed by atoms with van der Waals surface area (Å²) in [7, 11) is 0. The van der Waals surface area contributed by atoms with Crippen molar-refractivity contribution < 1.29 is 33.6 Å². The molecule has 7 nitrogen and oxygen atoms in total. The second kappa shape index (κ2) is 8.61. The fourth-order valence-corrected chi connectivity index (χ4v) is 3.71. The normalized spacial score (nSPS) is 15.8. The van der Waals surface area contributed by atoms with Crippen molar-refractivity contribution in [3.05, 3.63) is 47.5 Å². The maximum Gasteiger partial charge on any atom is 0.302 e. The first-order chi connectivity index (χ1) is 14.1. The lowest BCUT2D eigenvalue weighted by atomic mass is 9.83. The second-order valence-corrected chi connectivity index (χ2v) is 7.29. The van der Waals surface area contributed by atoms with Crippen molar-refractivity contribution in [1.82, 2.24) is 0 Å². The number of fused-ring (bicyclic) bond motifs is 2. The van der Waals surface area contributed by atoms with E-state index in [1.807, 2.05) is 36.4 Å². The topological polar surface area (TPSA) is 83.5 Å². The van der Waals surface area contributed by atoms with Crippen LogP contribution in [0.1, 0.15) is 18.1 Å². The zero-order valence-electron chi connectivity index (χ0n) is 16.3. The fourth-order valence-electron chi connectivity index (χ4n) is 3.71. The van der Waals surface area contributed by atoms with Gasteiger partial charge in [-0.25, -0.2) is 0 Å². The van der Waals surface area contributed by atoms with E-state index in [-0.39, 0.29) is 44.6 Å². The molecular formula is C22H24O7. The van der Waals surface area contributed by atoms with Crippen LogP contribution < -0.4 is 18.9 Å². The molecule has 2 aromatic rings. The number of rotatable bonds is 8. The SMILES string of the molecule is CC(=O)OC[C@H](Cc1ccc2c(c1)OCO2)[C@H](CO)Cc1ccc2c(c1)OCO2. The summed E-state index contributed by atoms with van der Waals surface area (Å²) in [6.07, 6.45) is 1.27. The summed E-state index contributed by atoms with van der Waals surface area (Å²) in [5.41, 5.74) is 2.07. The molecule has 2 aliphatic heterocycles. The van der Waals surface area contributed by atoms with E-state index in [1.54, 1.807) is 0 Å². The molecule has 0 bridgehead atoms. The molecule has 0 unspecified atom stereocenters. The van der Waals surface area contributed by atoms with Gasteiger partial charge >= 0.3 is 5.97 Å². The minimum Gasteiger partial charge on any atom is -0.466 e. The van der Waals surface area contributed by atoms with E-state index in [4.69, 9.17) is 23.7 Å².